The lowest BCUT2D eigenvalue weighted by molar-refractivity contribution is -0.136. The van der Waals surface area contributed by atoms with Crippen molar-refractivity contribution in [1.82, 2.24) is 10.2 Å². The van der Waals surface area contributed by atoms with E-state index in [1.807, 2.05) is 4.90 Å². The van der Waals surface area contributed by atoms with Crippen LogP contribution in [0.5, 0.6) is 0 Å². The van der Waals surface area contributed by atoms with Crippen LogP contribution in [0.3, 0.4) is 0 Å². The molecule has 3 rings (SSSR count). The summed E-state index contributed by atoms with van der Waals surface area (Å²) in [6.07, 6.45) is 3.14. The largest absolute Gasteiger partial charge is 0.335 e. The maximum atomic E-state index is 12.9. The molecule has 1 aliphatic heterocycles. The highest BCUT2D eigenvalue weighted by Crippen LogP contribution is 2.30. The number of carbonyl (C=O) groups is 1. The molecule has 2 fully saturated rings. The molecule has 1 aliphatic carbocycles. The van der Waals surface area contributed by atoms with Crippen molar-refractivity contribution in [3.05, 3.63) is 35.6 Å². The number of nitrogens with zero attached hydrogens (tertiary/aromatic N) is 1. The third-order valence-corrected chi connectivity index (χ3v) is 3.95. The lowest BCUT2D eigenvalue weighted by Crippen LogP contribution is -2.38. The SMILES string of the molecule is O=C(C1CCNC1)N(Cc1ccc(F)cc1)C1CC1. The van der Waals surface area contributed by atoms with Crippen LogP contribution in [0.15, 0.2) is 24.3 Å². The molecule has 0 radical (unpaired) electrons. The first-order valence-corrected chi connectivity index (χ1v) is 6.99. The van der Waals surface area contributed by atoms with E-state index >= 15 is 0 Å². The Hall–Kier alpha value is -1.42. The van der Waals surface area contributed by atoms with Gasteiger partial charge in [0.25, 0.3) is 0 Å². The van der Waals surface area contributed by atoms with Crippen LogP contribution in [0, 0.1) is 11.7 Å². The number of benzene rings is 1. The Morgan fingerprint density at radius 1 is 1.26 bits per heavy atom. The number of amides is 1. The molecule has 1 heterocycles. The fourth-order valence-electron chi connectivity index (χ4n) is 2.66. The van der Waals surface area contributed by atoms with E-state index in [1.165, 1.54) is 12.1 Å². The van der Waals surface area contributed by atoms with Crippen LogP contribution >= 0.6 is 0 Å². The lowest BCUT2D eigenvalue weighted by atomic mass is 10.1. The fourth-order valence-corrected chi connectivity index (χ4v) is 2.66. The molecule has 1 N–H and O–H groups in total. The Balaban J connectivity index is 1.70. The van der Waals surface area contributed by atoms with E-state index < -0.39 is 0 Å². The van der Waals surface area contributed by atoms with Gasteiger partial charge < -0.3 is 10.2 Å². The minimum Gasteiger partial charge on any atom is -0.335 e. The van der Waals surface area contributed by atoms with Crippen molar-refractivity contribution < 1.29 is 9.18 Å². The van der Waals surface area contributed by atoms with E-state index in [9.17, 15) is 9.18 Å². The molecule has 4 heteroatoms. The first-order valence-electron chi connectivity index (χ1n) is 6.99. The van der Waals surface area contributed by atoms with Gasteiger partial charge >= 0.3 is 0 Å². The third kappa shape index (κ3) is 2.95. The molecule has 1 saturated carbocycles. The van der Waals surface area contributed by atoms with E-state index in [1.54, 1.807) is 12.1 Å². The number of carbonyl (C=O) groups excluding carboxylic acids is 1. The molecule has 3 nitrogen and oxygen atoms in total. The minimum absolute atomic E-state index is 0.126. The summed E-state index contributed by atoms with van der Waals surface area (Å²) in [5.74, 6) is 0.158. The van der Waals surface area contributed by atoms with Crippen LogP contribution in [-0.2, 0) is 11.3 Å². The van der Waals surface area contributed by atoms with Crippen molar-refractivity contribution in [2.75, 3.05) is 13.1 Å². The Bertz CT molecular complexity index is 450. The molecule has 1 amide bonds. The maximum Gasteiger partial charge on any atom is 0.227 e. The van der Waals surface area contributed by atoms with Crippen molar-refractivity contribution in [3.63, 3.8) is 0 Å². The van der Waals surface area contributed by atoms with Crippen LogP contribution in [-0.4, -0.2) is 29.9 Å². The second kappa shape index (κ2) is 5.29. The van der Waals surface area contributed by atoms with E-state index in [0.717, 1.165) is 37.9 Å². The van der Waals surface area contributed by atoms with Crippen molar-refractivity contribution in [2.45, 2.75) is 31.8 Å². The van der Waals surface area contributed by atoms with Gasteiger partial charge in [0, 0.05) is 19.1 Å². The number of rotatable bonds is 4. The Labute approximate surface area is 112 Å². The molecular weight excluding hydrogens is 243 g/mol. The monoisotopic (exact) mass is 262 g/mol. The second-order valence-electron chi connectivity index (χ2n) is 5.51. The van der Waals surface area contributed by atoms with Crippen LogP contribution in [0.2, 0.25) is 0 Å². The Kier molecular flexibility index (Phi) is 3.51. The molecule has 1 atom stereocenters. The van der Waals surface area contributed by atoms with Gasteiger partial charge in [0.05, 0.1) is 5.92 Å². The lowest BCUT2D eigenvalue weighted by Gasteiger charge is -2.25. The van der Waals surface area contributed by atoms with Crippen molar-refractivity contribution in [2.24, 2.45) is 5.92 Å². The van der Waals surface area contributed by atoms with Crippen LogP contribution in [0.25, 0.3) is 0 Å². The van der Waals surface area contributed by atoms with Crippen LogP contribution < -0.4 is 5.32 Å². The topological polar surface area (TPSA) is 32.3 Å². The highest BCUT2D eigenvalue weighted by atomic mass is 19.1. The van der Waals surface area contributed by atoms with Crippen LogP contribution in [0.4, 0.5) is 4.39 Å². The fraction of sp³-hybridized carbons (Fsp3) is 0.533. The number of hydrogen-bond donors (Lipinski definition) is 1. The van der Waals surface area contributed by atoms with Gasteiger partial charge in [-0.15, -0.1) is 0 Å². The maximum absolute atomic E-state index is 12.9. The number of halogens is 1. The van der Waals surface area contributed by atoms with Gasteiger partial charge in [0.1, 0.15) is 5.82 Å². The zero-order chi connectivity index (χ0) is 13.2. The summed E-state index contributed by atoms with van der Waals surface area (Å²) in [6, 6.07) is 6.86. The summed E-state index contributed by atoms with van der Waals surface area (Å²) in [5, 5.41) is 3.24. The van der Waals surface area contributed by atoms with Gasteiger partial charge in [-0.1, -0.05) is 12.1 Å². The standard InChI is InChI=1S/C15H19FN2O/c16-13-3-1-11(2-4-13)10-18(14-5-6-14)15(19)12-7-8-17-9-12/h1-4,12,14,17H,5-10H2. The summed E-state index contributed by atoms with van der Waals surface area (Å²) in [4.78, 5) is 14.5. The first-order chi connectivity index (χ1) is 9.24. The molecule has 0 aromatic heterocycles. The average molecular weight is 262 g/mol. The van der Waals surface area contributed by atoms with E-state index in [-0.39, 0.29) is 17.6 Å². The molecule has 1 aromatic carbocycles. The summed E-state index contributed by atoms with van der Waals surface area (Å²) in [5.41, 5.74) is 1.01. The summed E-state index contributed by atoms with van der Waals surface area (Å²) < 4.78 is 12.9. The zero-order valence-corrected chi connectivity index (χ0v) is 10.9. The predicted octanol–water partition coefficient (Wildman–Crippen LogP) is 1.93. The predicted molar refractivity (Wildman–Crippen MR) is 70.9 cm³/mol. The molecule has 0 spiro atoms. The van der Waals surface area contributed by atoms with Gasteiger partial charge in [-0.3, -0.25) is 4.79 Å². The average Bonchev–Trinajstić information content (AvgIpc) is 3.11. The molecule has 1 saturated heterocycles. The Morgan fingerprint density at radius 2 is 2.00 bits per heavy atom. The Morgan fingerprint density at radius 3 is 2.58 bits per heavy atom. The van der Waals surface area contributed by atoms with Gasteiger partial charge in [-0.2, -0.15) is 0 Å². The smallest absolute Gasteiger partial charge is 0.227 e. The number of hydrogen-bond acceptors (Lipinski definition) is 2. The molecule has 0 bridgehead atoms. The summed E-state index contributed by atoms with van der Waals surface area (Å²) in [6.45, 7) is 2.34. The highest BCUT2D eigenvalue weighted by molar-refractivity contribution is 5.80. The normalized spacial score (nSPS) is 22.5. The minimum atomic E-state index is -0.229. The quantitative estimate of drug-likeness (QED) is 0.899. The van der Waals surface area contributed by atoms with E-state index in [4.69, 9.17) is 0 Å². The molecular formula is C15H19FN2O. The van der Waals surface area contributed by atoms with E-state index in [0.29, 0.717) is 12.6 Å². The van der Waals surface area contributed by atoms with E-state index in [2.05, 4.69) is 5.32 Å². The van der Waals surface area contributed by atoms with Crippen LogP contribution in [0.1, 0.15) is 24.8 Å². The summed E-state index contributed by atoms with van der Waals surface area (Å²) in [7, 11) is 0. The zero-order valence-electron chi connectivity index (χ0n) is 10.9. The molecule has 1 aromatic rings. The molecule has 2 aliphatic rings. The van der Waals surface area contributed by atoms with Crippen molar-refractivity contribution in [1.29, 1.82) is 0 Å². The molecule has 1 unspecified atom stereocenters. The second-order valence-corrected chi connectivity index (χ2v) is 5.51. The molecule has 102 valence electrons. The summed E-state index contributed by atoms with van der Waals surface area (Å²) >= 11 is 0. The van der Waals surface area contributed by atoms with Gasteiger partial charge in [-0.25, -0.2) is 4.39 Å². The first kappa shape index (κ1) is 12.6. The van der Waals surface area contributed by atoms with Gasteiger partial charge in [0.15, 0.2) is 0 Å². The third-order valence-electron chi connectivity index (χ3n) is 3.95. The highest BCUT2D eigenvalue weighted by Gasteiger charge is 2.36. The van der Waals surface area contributed by atoms with Gasteiger partial charge in [0.2, 0.25) is 5.91 Å². The van der Waals surface area contributed by atoms with Crippen molar-refractivity contribution in [3.8, 4) is 0 Å². The van der Waals surface area contributed by atoms with Gasteiger partial charge in [-0.05, 0) is 43.5 Å². The number of nitrogens with one attached hydrogen (secondary N) is 1. The molecule has 19 heavy (non-hydrogen) atoms. The van der Waals surface area contributed by atoms with Crippen molar-refractivity contribution >= 4 is 5.91 Å².